The van der Waals surface area contributed by atoms with Crippen molar-refractivity contribution in [2.75, 3.05) is 36.0 Å². The number of hydrogen-bond donors (Lipinski definition) is 1. The maximum atomic E-state index is 11.2. The number of nitrogens with zero attached hydrogens (tertiary/aromatic N) is 5. The minimum atomic E-state index is -0.532. The van der Waals surface area contributed by atoms with Crippen LogP contribution in [0.2, 0.25) is 5.02 Å². The predicted octanol–water partition coefficient (Wildman–Crippen LogP) is 1.65. The van der Waals surface area contributed by atoms with Gasteiger partial charge in [-0.3, -0.25) is 4.79 Å². The number of carbonyl (C=O) groups is 1. The molecule has 1 amide bonds. The highest BCUT2D eigenvalue weighted by Crippen LogP contribution is 2.25. The van der Waals surface area contributed by atoms with Crippen LogP contribution in [0.4, 0.5) is 11.6 Å². The predicted molar refractivity (Wildman–Crippen MR) is 93.6 cm³/mol. The van der Waals surface area contributed by atoms with E-state index in [2.05, 4.69) is 25.0 Å². The fourth-order valence-corrected chi connectivity index (χ4v) is 3.00. The first-order chi connectivity index (χ1) is 11.5. The lowest BCUT2D eigenvalue weighted by Crippen LogP contribution is -2.32. The summed E-state index contributed by atoms with van der Waals surface area (Å²) < 4.78 is 0. The van der Waals surface area contributed by atoms with Crippen molar-refractivity contribution in [2.45, 2.75) is 13.3 Å². The van der Waals surface area contributed by atoms with Gasteiger partial charge in [0.1, 0.15) is 5.82 Å². The Hall–Kier alpha value is -2.41. The summed E-state index contributed by atoms with van der Waals surface area (Å²) in [4.78, 5) is 19.9. The third-order valence-electron chi connectivity index (χ3n) is 4.01. The monoisotopic (exact) mass is 346 g/mol. The molecule has 2 aromatic heterocycles. The van der Waals surface area contributed by atoms with Gasteiger partial charge in [-0.1, -0.05) is 11.6 Å². The van der Waals surface area contributed by atoms with Gasteiger partial charge in [0.05, 0.1) is 16.3 Å². The molecule has 0 spiro atoms. The van der Waals surface area contributed by atoms with Crippen LogP contribution in [0.5, 0.6) is 0 Å². The summed E-state index contributed by atoms with van der Waals surface area (Å²) >= 11 is 6.28. The average Bonchev–Trinajstić information content (AvgIpc) is 2.81. The summed E-state index contributed by atoms with van der Waals surface area (Å²) in [6.45, 7) is 5.21. The molecule has 0 bridgehead atoms. The summed E-state index contributed by atoms with van der Waals surface area (Å²) in [6.07, 6.45) is 2.42. The molecule has 126 valence electrons. The Kier molecular flexibility index (Phi) is 4.80. The number of nitrogens with two attached hydrogens (primary N) is 1. The molecule has 1 aliphatic rings. The number of aromatic nitrogens is 3. The standard InChI is InChI=1S/C16H19ClN6O/c1-11-3-4-14(21-20-11)22-5-2-6-23(8-7-22)16-13(17)9-12(10-19-16)15(18)24/h3-4,9-10H,2,5-8H2,1H3,(H2,18,24). The molecule has 8 heteroatoms. The molecule has 7 nitrogen and oxygen atoms in total. The Balaban J connectivity index is 1.73. The Labute approximate surface area is 145 Å². The molecule has 1 saturated heterocycles. The van der Waals surface area contributed by atoms with Gasteiger partial charge in [-0.05, 0) is 31.5 Å². The fourth-order valence-electron chi connectivity index (χ4n) is 2.72. The number of carbonyl (C=O) groups excluding carboxylic acids is 1. The first kappa shape index (κ1) is 16.4. The minimum absolute atomic E-state index is 0.315. The molecule has 1 fully saturated rings. The van der Waals surface area contributed by atoms with Crippen molar-refractivity contribution < 1.29 is 4.79 Å². The number of primary amides is 1. The van der Waals surface area contributed by atoms with Crippen LogP contribution >= 0.6 is 11.6 Å². The van der Waals surface area contributed by atoms with E-state index in [-0.39, 0.29) is 0 Å². The van der Waals surface area contributed by atoms with Gasteiger partial charge < -0.3 is 15.5 Å². The first-order valence-electron chi connectivity index (χ1n) is 7.80. The van der Waals surface area contributed by atoms with Gasteiger partial charge in [0.2, 0.25) is 5.91 Å². The second-order valence-electron chi connectivity index (χ2n) is 5.75. The molecule has 24 heavy (non-hydrogen) atoms. The van der Waals surface area contributed by atoms with E-state index < -0.39 is 5.91 Å². The zero-order chi connectivity index (χ0) is 17.1. The van der Waals surface area contributed by atoms with Crippen molar-refractivity contribution in [3.63, 3.8) is 0 Å². The van der Waals surface area contributed by atoms with E-state index in [4.69, 9.17) is 17.3 Å². The molecule has 0 atom stereocenters. The normalized spacial score (nSPS) is 15.2. The van der Waals surface area contributed by atoms with Crippen molar-refractivity contribution in [3.8, 4) is 0 Å². The van der Waals surface area contributed by atoms with E-state index in [1.165, 1.54) is 6.20 Å². The molecule has 1 aliphatic heterocycles. The number of pyridine rings is 1. The highest BCUT2D eigenvalue weighted by Gasteiger charge is 2.19. The van der Waals surface area contributed by atoms with Crippen molar-refractivity contribution in [2.24, 2.45) is 5.73 Å². The van der Waals surface area contributed by atoms with Crippen molar-refractivity contribution in [3.05, 3.63) is 40.7 Å². The molecule has 2 N–H and O–H groups in total. The van der Waals surface area contributed by atoms with Crippen LogP contribution in [0, 0.1) is 6.92 Å². The van der Waals surface area contributed by atoms with Gasteiger partial charge >= 0.3 is 0 Å². The number of anilines is 2. The van der Waals surface area contributed by atoms with Gasteiger partial charge in [-0.15, -0.1) is 5.10 Å². The Morgan fingerprint density at radius 3 is 2.58 bits per heavy atom. The highest BCUT2D eigenvalue weighted by molar-refractivity contribution is 6.33. The molecule has 0 saturated carbocycles. The number of halogens is 1. The van der Waals surface area contributed by atoms with E-state index in [0.29, 0.717) is 16.4 Å². The fraction of sp³-hybridized carbons (Fsp3) is 0.375. The lowest BCUT2D eigenvalue weighted by Gasteiger charge is -2.24. The molecule has 0 aromatic carbocycles. The number of rotatable bonds is 3. The largest absolute Gasteiger partial charge is 0.366 e. The molecule has 0 unspecified atom stereocenters. The third kappa shape index (κ3) is 3.56. The van der Waals surface area contributed by atoms with Gasteiger partial charge in [0.25, 0.3) is 0 Å². The van der Waals surface area contributed by atoms with Crippen molar-refractivity contribution >= 4 is 29.1 Å². The van der Waals surface area contributed by atoms with Crippen LogP contribution in [-0.2, 0) is 0 Å². The Morgan fingerprint density at radius 2 is 1.92 bits per heavy atom. The maximum Gasteiger partial charge on any atom is 0.250 e. The van der Waals surface area contributed by atoms with Crippen LogP contribution in [0.25, 0.3) is 0 Å². The highest BCUT2D eigenvalue weighted by atomic mass is 35.5. The van der Waals surface area contributed by atoms with Crippen LogP contribution < -0.4 is 15.5 Å². The summed E-state index contributed by atoms with van der Waals surface area (Å²) in [5.74, 6) is 1.03. The van der Waals surface area contributed by atoms with Gasteiger partial charge in [0.15, 0.2) is 5.82 Å². The molecular weight excluding hydrogens is 328 g/mol. The molecule has 2 aromatic rings. The molecule has 3 heterocycles. The quantitative estimate of drug-likeness (QED) is 0.909. The van der Waals surface area contributed by atoms with E-state index in [9.17, 15) is 4.79 Å². The molecule has 0 aliphatic carbocycles. The summed E-state index contributed by atoms with van der Waals surface area (Å²) in [7, 11) is 0. The summed E-state index contributed by atoms with van der Waals surface area (Å²) in [6, 6.07) is 5.52. The SMILES string of the molecule is Cc1ccc(N2CCCN(c3ncc(C(N)=O)cc3Cl)CC2)nn1. The molecule has 3 rings (SSSR count). The van der Waals surface area contributed by atoms with Crippen molar-refractivity contribution in [1.29, 1.82) is 0 Å². The van der Waals surface area contributed by atoms with E-state index in [1.807, 2.05) is 19.1 Å². The second-order valence-corrected chi connectivity index (χ2v) is 6.16. The summed E-state index contributed by atoms with van der Waals surface area (Å²) in [5.41, 5.74) is 6.48. The van der Waals surface area contributed by atoms with Crippen LogP contribution in [-0.4, -0.2) is 47.3 Å². The van der Waals surface area contributed by atoms with E-state index >= 15 is 0 Å². The van der Waals surface area contributed by atoms with Crippen LogP contribution in [0.15, 0.2) is 24.4 Å². The number of aryl methyl sites for hydroxylation is 1. The Morgan fingerprint density at radius 1 is 1.17 bits per heavy atom. The molecule has 0 radical (unpaired) electrons. The smallest absolute Gasteiger partial charge is 0.250 e. The average molecular weight is 347 g/mol. The van der Waals surface area contributed by atoms with E-state index in [0.717, 1.165) is 44.1 Å². The second kappa shape index (κ2) is 7.00. The minimum Gasteiger partial charge on any atom is -0.366 e. The Bertz CT molecular complexity index is 736. The topological polar surface area (TPSA) is 88.2 Å². The van der Waals surface area contributed by atoms with Gasteiger partial charge in [0, 0.05) is 32.4 Å². The lowest BCUT2D eigenvalue weighted by atomic mass is 10.2. The zero-order valence-electron chi connectivity index (χ0n) is 13.4. The van der Waals surface area contributed by atoms with Crippen molar-refractivity contribution in [1.82, 2.24) is 15.2 Å². The third-order valence-corrected chi connectivity index (χ3v) is 4.29. The van der Waals surface area contributed by atoms with Crippen LogP contribution in [0.3, 0.4) is 0 Å². The van der Waals surface area contributed by atoms with Gasteiger partial charge in [-0.25, -0.2) is 4.98 Å². The number of amides is 1. The first-order valence-corrected chi connectivity index (χ1v) is 8.18. The summed E-state index contributed by atoms with van der Waals surface area (Å²) in [5, 5.41) is 8.81. The zero-order valence-corrected chi connectivity index (χ0v) is 14.2. The maximum absolute atomic E-state index is 11.2. The van der Waals surface area contributed by atoms with Crippen LogP contribution in [0.1, 0.15) is 22.5 Å². The van der Waals surface area contributed by atoms with E-state index in [1.54, 1.807) is 6.07 Å². The number of hydrogen-bond acceptors (Lipinski definition) is 6. The van der Waals surface area contributed by atoms with Gasteiger partial charge in [-0.2, -0.15) is 5.10 Å². The molecular formula is C16H19ClN6O. The lowest BCUT2D eigenvalue weighted by molar-refractivity contribution is 0.1000.